The fourth-order valence-electron chi connectivity index (χ4n) is 3.27. The quantitative estimate of drug-likeness (QED) is 0.744. The summed E-state index contributed by atoms with van der Waals surface area (Å²) in [4.78, 5) is 14.2. The summed E-state index contributed by atoms with van der Waals surface area (Å²) in [5, 5.41) is 1.06. The fourth-order valence-corrected chi connectivity index (χ4v) is 3.27. The standard InChI is InChI=1S/C17H16N2O2/c1-9-5-11(3)19-8-21-17-15-12(7-13(9)16(17)19)10(2)6-14(20)18(15)4/h5-7H,3,8H2,1-2,4H3. The molecule has 21 heavy (non-hydrogen) atoms. The van der Waals surface area contributed by atoms with E-state index in [1.165, 1.54) is 5.57 Å². The van der Waals surface area contributed by atoms with Gasteiger partial charge in [-0.05, 0) is 37.1 Å². The Morgan fingerprint density at radius 3 is 2.81 bits per heavy atom. The number of rotatable bonds is 0. The van der Waals surface area contributed by atoms with Crippen molar-refractivity contribution in [1.29, 1.82) is 0 Å². The number of hydrogen-bond acceptors (Lipinski definition) is 3. The predicted octanol–water partition coefficient (Wildman–Crippen LogP) is 2.93. The van der Waals surface area contributed by atoms with Gasteiger partial charge in [0.1, 0.15) is 0 Å². The van der Waals surface area contributed by atoms with Crippen molar-refractivity contribution in [3.63, 3.8) is 0 Å². The van der Waals surface area contributed by atoms with E-state index in [-0.39, 0.29) is 5.56 Å². The SMILES string of the molecule is C=C1C=C(C)c2cc3c(C)cc(=O)n(C)c3c3c2N1CO3. The number of pyridine rings is 1. The highest BCUT2D eigenvalue weighted by Crippen LogP contribution is 2.49. The molecule has 3 heterocycles. The van der Waals surface area contributed by atoms with E-state index >= 15 is 0 Å². The van der Waals surface area contributed by atoms with Crippen molar-refractivity contribution >= 4 is 22.2 Å². The second kappa shape index (κ2) is 3.79. The van der Waals surface area contributed by atoms with Gasteiger partial charge >= 0.3 is 0 Å². The maximum Gasteiger partial charge on any atom is 0.251 e. The fraction of sp³-hybridized carbons (Fsp3) is 0.235. The molecule has 0 spiro atoms. The molecule has 0 fully saturated rings. The van der Waals surface area contributed by atoms with Gasteiger partial charge in [-0.1, -0.05) is 6.58 Å². The number of aromatic nitrogens is 1. The van der Waals surface area contributed by atoms with Gasteiger partial charge in [0.05, 0.1) is 11.2 Å². The second-order valence-corrected chi connectivity index (χ2v) is 5.74. The van der Waals surface area contributed by atoms with Crippen LogP contribution in [0.4, 0.5) is 5.69 Å². The average molecular weight is 280 g/mol. The number of anilines is 1. The summed E-state index contributed by atoms with van der Waals surface area (Å²) >= 11 is 0. The second-order valence-electron chi connectivity index (χ2n) is 5.74. The third kappa shape index (κ3) is 1.42. The van der Waals surface area contributed by atoms with Crippen molar-refractivity contribution < 1.29 is 4.74 Å². The molecule has 0 N–H and O–H groups in total. The molecule has 2 aliphatic rings. The topological polar surface area (TPSA) is 34.5 Å². The van der Waals surface area contributed by atoms with Crippen molar-refractivity contribution in [3.05, 3.63) is 52.0 Å². The molecule has 2 aromatic rings. The van der Waals surface area contributed by atoms with Crippen molar-refractivity contribution in [2.24, 2.45) is 7.05 Å². The van der Waals surface area contributed by atoms with Crippen LogP contribution in [0.25, 0.3) is 16.5 Å². The van der Waals surface area contributed by atoms with E-state index in [4.69, 9.17) is 4.74 Å². The van der Waals surface area contributed by atoms with Crippen LogP contribution < -0.4 is 15.2 Å². The van der Waals surface area contributed by atoms with E-state index in [1.807, 2.05) is 6.92 Å². The summed E-state index contributed by atoms with van der Waals surface area (Å²) in [6.45, 7) is 8.59. The lowest BCUT2D eigenvalue weighted by molar-refractivity contribution is 0.357. The Kier molecular flexibility index (Phi) is 2.21. The maximum absolute atomic E-state index is 12.1. The average Bonchev–Trinajstić information content (AvgIpc) is 2.87. The van der Waals surface area contributed by atoms with E-state index in [1.54, 1.807) is 17.7 Å². The molecule has 4 rings (SSSR count). The molecule has 0 amide bonds. The first-order valence-electron chi connectivity index (χ1n) is 6.94. The molecule has 4 heteroatoms. The maximum atomic E-state index is 12.1. The van der Waals surface area contributed by atoms with Gasteiger partial charge in [0.25, 0.3) is 5.56 Å². The predicted molar refractivity (Wildman–Crippen MR) is 84.7 cm³/mol. The first-order valence-corrected chi connectivity index (χ1v) is 6.94. The van der Waals surface area contributed by atoms with Gasteiger partial charge < -0.3 is 14.2 Å². The zero-order valence-electron chi connectivity index (χ0n) is 12.4. The number of allylic oxidation sites excluding steroid dienone is 2. The van der Waals surface area contributed by atoms with Gasteiger partial charge in [-0.2, -0.15) is 0 Å². The van der Waals surface area contributed by atoms with E-state index < -0.39 is 0 Å². The van der Waals surface area contributed by atoms with Crippen molar-refractivity contribution in [2.75, 3.05) is 11.6 Å². The Balaban J connectivity index is 2.25. The Labute approximate surface area is 122 Å². The molecule has 0 radical (unpaired) electrons. The van der Waals surface area contributed by atoms with Crippen LogP contribution in [-0.2, 0) is 7.05 Å². The lowest BCUT2D eigenvalue weighted by Gasteiger charge is -2.25. The number of fused-ring (bicyclic) bond motifs is 2. The largest absolute Gasteiger partial charge is 0.468 e. The highest BCUT2D eigenvalue weighted by atomic mass is 16.5. The van der Waals surface area contributed by atoms with Crippen LogP contribution in [0.5, 0.6) is 5.75 Å². The number of nitrogens with zero attached hydrogens (tertiary/aromatic N) is 2. The summed E-state index contributed by atoms with van der Waals surface area (Å²) in [6, 6.07) is 3.83. The molecular weight excluding hydrogens is 264 g/mol. The van der Waals surface area contributed by atoms with Crippen molar-refractivity contribution in [2.45, 2.75) is 13.8 Å². The summed E-state index contributed by atoms with van der Waals surface area (Å²) in [6.07, 6.45) is 2.07. The van der Waals surface area contributed by atoms with Crippen LogP contribution >= 0.6 is 0 Å². The van der Waals surface area contributed by atoms with Gasteiger partial charge in [-0.15, -0.1) is 0 Å². The molecule has 4 nitrogen and oxygen atoms in total. The Hall–Kier alpha value is -2.49. The normalized spacial score (nSPS) is 16.0. The lowest BCUT2D eigenvalue weighted by Crippen LogP contribution is -2.22. The van der Waals surface area contributed by atoms with Gasteiger partial charge in [0, 0.05) is 29.8 Å². The highest BCUT2D eigenvalue weighted by Gasteiger charge is 2.32. The van der Waals surface area contributed by atoms with Gasteiger partial charge in [0.15, 0.2) is 12.5 Å². The monoisotopic (exact) mass is 280 g/mol. The number of aryl methyl sites for hydroxylation is 2. The summed E-state index contributed by atoms with van der Waals surface area (Å²) in [5.41, 5.74) is 6.12. The smallest absolute Gasteiger partial charge is 0.251 e. The number of hydrogen-bond donors (Lipinski definition) is 0. The number of ether oxygens (including phenoxy) is 1. The Bertz CT molecular complexity index is 919. The van der Waals surface area contributed by atoms with Crippen LogP contribution in [0.2, 0.25) is 0 Å². The van der Waals surface area contributed by atoms with Gasteiger partial charge in [0.2, 0.25) is 0 Å². The zero-order chi connectivity index (χ0) is 14.9. The molecule has 0 saturated heterocycles. The summed E-state index contributed by atoms with van der Waals surface area (Å²) < 4.78 is 7.58. The molecule has 0 bridgehead atoms. The minimum absolute atomic E-state index is 0.0137. The minimum Gasteiger partial charge on any atom is -0.468 e. The van der Waals surface area contributed by atoms with Crippen LogP contribution in [0.15, 0.2) is 35.3 Å². The first kappa shape index (κ1) is 12.3. The third-order valence-corrected chi connectivity index (χ3v) is 4.42. The highest BCUT2D eigenvalue weighted by molar-refractivity contribution is 6.01. The zero-order valence-corrected chi connectivity index (χ0v) is 12.4. The molecule has 0 atom stereocenters. The number of benzene rings is 1. The molecular formula is C17H16N2O2. The Morgan fingerprint density at radius 1 is 1.29 bits per heavy atom. The van der Waals surface area contributed by atoms with Crippen LogP contribution in [0.1, 0.15) is 18.1 Å². The first-order chi connectivity index (χ1) is 9.99. The Morgan fingerprint density at radius 2 is 2.05 bits per heavy atom. The van der Waals surface area contributed by atoms with Gasteiger partial charge in [-0.25, -0.2) is 0 Å². The van der Waals surface area contributed by atoms with Crippen molar-refractivity contribution in [3.8, 4) is 5.75 Å². The van der Waals surface area contributed by atoms with Gasteiger partial charge in [-0.3, -0.25) is 4.79 Å². The van der Waals surface area contributed by atoms with Crippen molar-refractivity contribution in [1.82, 2.24) is 4.57 Å². The third-order valence-electron chi connectivity index (χ3n) is 4.42. The molecule has 1 aromatic heterocycles. The minimum atomic E-state index is -0.0137. The molecule has 0 aliphatic carbocycles. The molecule has 2 aliphatic heterocycles. The summed E-state index contributed by atoms with van der Waals surface area (Å²) in [7, 11) is 1.79. The van der Waals surface area contributed by atoms with Crippen LogP contribution in [0.3, 0.4) is 0 Å². The molecule has 1 aromatic carbocycles. The summed E-state index contributed by atoms with van der Waals surface area (Å²) in [5.74, 6) is 0.791. The lowest BCUT2D eigenvalue weighted by atomic mass is 9.95. The molecule has 106 valence electrons. The van der Waals surface area contributed by atoms with E-state index in [0.29, 0.717) is 6.73 Å². The van der Waals surface area contributed by atoms with E-state index in [2.05, 4.69) is 30.5 Å². The molecule has 0 saturated carbocycles. The molecule has 0 unspecified atom stereocenters. The van der Waals surface area contributed by atoms with Crippen LogP contribution in [-0.4, -0.2) is 11.3 Å². The van der Waals surface area contributed by atoms with E-state index in [9.17, 15) is 4.79 Å². The van der Waals surface area contributed by atoms with Crippen LogP contribution in [0, 0.1) is 6.92 Å². The van der Waals surface area contributed by atoms with E-state index in [0.717, 1.165) is 39.2 Å².